The number of thiazole rings is 1. The second kappa shape index (κ2) is 11.2. The minimum absolute atomic E-state index is 0.142. The molecule has 2 aromatic rings. The lowest BCUT2D eigenvalue weighted by Gasteiger charge is -2.21. The number of hydrogen-bond acceptors (Lipinski definition) is 9. The van der Waals surface area contributed by atoms with Crippen LogP contribution in [0.25, 0.3) is 0 Å². The van der Waals surface area contributed by atoms with Gasteiger partial charge in [0.15, 0.2) is 11.4 Å². The predicted molar refractivity (Wildman–Crippen MR) is 113 cm³/mol. The summed E-state index contributed by atoms with van der Waals surface area (Å²) >= 11 is 1.28. The summed E-state index contributed by atoms with van der Waals surface area (Å²) < 4.78 is 19.6. The third-order valence-corrected chi connectivity index (χ3v) is 4.88. The highest BCUT2D eigenvalue weighted by Crippen LogP contribution is 2.27. The number of cyclic esters (lactones) is 1. The fourth-order valence-electron chi connectivity index (χ4n) is 2.68. The van der Waals surface area contributed by atoms with E-state index in [1.807, 2.05) is 0 Å². The van der Waals surface area contributed by atoms with E-state index in [1.54, 1.807) is 11.4 Å². The van der Waals surface area contributed by atoms with Crippen LogP contribution in [0.1, 0.15) is 10.5 Å². The zero-order chi connectivity index (χ0) is 22.1. The molecule has 5 N–H and O–H groups in total. The van der Waals surface area contributed by atoms with E-state index >= 15 is 0 Å². The fraction of sp³-hybridized carbons (Fsp3) is 0.333. The summed E-state index contributed by atoms with van der Waals surface area (Å²) in [6.07, 6.45) is 0.383. The molecule has 1 aliphatic rings. The van der Waals surface area contributed by atoms with E-state index in [-0.39, 0.29) is 25.4 Å². The van der Waals surface area contributed by atoms with Crippen molar-refractivity contribution in [1.82, 2.24) is 4.98 Å². The number of carbonyl (C=O) groups is 2. The van der Waals surface area contributed by atoms with E-state index in [1.165, 1.54) is 40.3 Å². The van der Waals surface area contributed by atoms with Crippen molar-refractivity contribution in [2.45, 2.75) is 6.10 Å². The SMILES string of the molecule is CN.N=CN(CCNc1nc(C=O)cs1)c1ccc(N2CC(CO)OC2=O)cc1F. The Bertz CT molecular complexity index is 880. The largest absolute Gasteiger partial charge is 0.441 e. The number of nitrogens with two attached hydrogens (primary N) is 1. The first-order valence-corrected chi connectivity index (χ1v) is 9.81. The smallest absolute Gasteiger partial charge is 0.414 e. The second-order valence-corrected chi connectivity index (χ2v) is 6.74. The van der Waals surface area contributed by atoms with E-state index in [0.717, 1.165) is 6.34 Å². The minimum Gasteiger partial charge on any atom is -0.441 e. The Morgan fingerprint density at radius 2 is 2.30 bits per heavy atom. The molecule has 30 heavy (non-hydrogen) atoms. The lowest BCUT2D eigenvalue weighted by Crippen LogP contribution is -2.29. The molecule has 1 fully saturated rings. The Kier molecular flexibility index (Phi) is 8.65. The average Bonchev–Trinajstić information content (AvgIpc) is 3.39. The van der Waals surface area contributed by atoms with Crippen molar-refractivity contribution in [3.63, 3.8) is 0 Å². The summed E-state index contributed by atoms with van der Waals surface area (Å²) in [5, 5.41) is 21.8. The van der Waals surface area contributed by atoms with Crippen LogP contribution in [0, 0.1) is 11.2 Å². The summed E-state index contributed by atoms with van der Waals surface area (Å²) in [5.41, 5.74) is 5.33. The van der Waals surface area contributed by atoms with Gasteiger partial charge in [0.25, 0.3) is 0 Å². The number of aliphatic hydroxyl groups is 1. The number of aromatic nitrogens is 1. The van der Waals surface area contributed by atoms with Crippen LogP contribution in [0.5, 0.6) is 0 Å². The zero-order valence-corrected chi connectivity index (χ0v) is 17.1. The van der Waals surface area contributed by atoms with Gasteiger partial charge in [0.05, 0.1) is 30.9 Å². The van der Waals surface area contributed by atoms with Crippen LogP contribution in [0.15, 0.2) is 23.6 Å². The van der Waals surface area contributed by atoms with Gasteiger partial charge in [-0.1, -0.05) is 0 Å². The number of hydrogen-bond donors (Lipinski definition) is 4. The molecule has 0 spiro atoms. The highest BCUT2D eigenvalue weighted by Gasteiger charge is 2.32. The van der Waals surface area contributed by atoms with Crippen molar-refractivity contribution >= 4 is 46.6 Å². The molecule has 1 atom stereocenters. The van der Waals surface area contributed by atoms with E-state index in [2.05, 4.69) is 16.0 Å². The number of amides is 1. The summed E-state index contributed by atoms with van der Waals surface area (Å²) in [6, 6.07) is 4.22. The summed E-state index contributed by atoms with van der Waals surface area (Å²) in [7, 11) is 1.50. The van der Waals surface area contributed by atoms with Crippen molar-refractivity contribution in [3.8, 4) is 0 Å². The first kappa shape index (κ1) is 23.2. The average molecular weight is 438 g/mol. The molecular weight excluding hydrogens is 415 g/mol. The molecule has 0 bridgehead atoms. The van der Waals surface area contributed by atoms with Gasteiger partial charge in [-0.2, -0.15) is 0 Å². The van der Waals surface area contributed by atoms with Crippen LogP contribution in [-0.4, -0.2) is 68.2 Å². The molecule has 3 rings (SSSR count). The maximum atomic E-state index is 14.6. The van der Waals surface area contributed by atoms with Gasteiger partial charge in [0.2, 0.25) is 0 Å². The molecule has 0 aliphatic carbocycles. The molecule has 1 aromatic heterocycles. The van der Waals surface area contributed by atoms with Gasteiger partial charge in [-0.05, 0) is 25.2 Å². The van der Waals surface area contributed by atoms with Crippen LogP contribution >= 0.6 is 11.3 Å². The molecular formula is C18H23FN6O4S. The van der Waals surface area contributed by atoms with Crippen molar-refractivity contribution in [2.24, 2.45) is 5.73 Å². The number of nitrogens with zero attached hydrogens (tertiary/aromatic N) is 3. The molecule has 10 nitrogen and oxygen atoms in total. The molecule has 1 amide bonds. The van der Waals surface area contributed by atoms with Crippen molar-refractivity contribution in [3.05, 3.63) is 35.1 Å². The van der Waals surface area contributed by atoms with Crippen LogP contribution in [0.3, 0.4) is 0 Å². The van der Waals surface area contributed by atoms with Gasteiger partial charge in [-0.3, -0.25) is 15.1 Å². The Balaban J connectivity index is 0.00000155. The maximum Gasteiger partial charge on any atom is 0.414 e. The molecule has 0 saturated carbocycles. The third-order valence-electron chi connectivity index (χ3n) is 4.06. The van der Waals surface area contributed by atoms with Gasteiger partial charge < -0.3 is 25.8 Å². The van der Waals surface area contributed by atoms with Gasteiger partial charge in [0.1, 0.15) is 17.6 Å². The summed E-state index contributed by atoms with van der Waals surface area (Å²) in [5.74, 6) is -0.598. The number of anilines is 3. The number of aliphatic hydroxyl groups excluding tert-OH is 1. The first-order chi connectivity index (χ1) is 14.5. The normalized spacial score (nSPS) is 15.1. The minimum atomic E-state index is -0.641. The highest BCUT2D eigenvalue weighted by atomic mass is 32.1. The number of ether oxygens (including phenoxy) is 1. The number of benzene rings is 1. The van der Waals surface area contributed by atoms with Crippen LogP contribution in [0.2, 0.25) is 0 Å². The Morgan fingerprint density at radius 1 is 1.53 bits per heavy atom. The van der Waals surface area contributed by atoms with Gasteiger partial charge >= 0.3 is 6.09 Å². The third kappa shape index (κ3) is 5.49. The lowest BCUT2D eigenvalue weighted by atomic mass is 10.2. The summed E-state index contributed by atoms with van der Waals surface area (Å²) in [4.78, 5) is 29.1. The zero-order valence-electron chi connectivity index (χ0n) is 16.2. The van der Waals surface area contributed by atoms with Crippen molar-refractivity contribution < 1.29 is 23.8 Å². The second-order valence-electron chi connectivity index (χ2n) is 5.88. The predicted octanol–water partition coefficient (Wildman–Crippen LogP) is 1.51. The number of aldehydes is 1. The monoisotopic (exact) mass is 438 g/mol. The molecule has 162 valence electrons. The molecule has 12 heteroatoms. The van der Waals surface area contributed by atoms with E-state index in [9.17, 15) is 14.0 Å². The Hall–Kier alpha value is -3.09. The van der Waals surface area contributed by atoms with E-state index in [0.29, 0.717) is 29.3 Å². The van der Waals surface area contributed by atoms with Gasteiger partial charge in [0, 0.05) is 18.5 Å². The van der Waals surface area contributed by atoms with Crippen molar-refractivity contribution in [2.75, 3.05) is 48.4 Å². The molecule has 0 radical (unpaired) electrons. The molecule has 1 unspecified atom stereocenters. The number of rotatable bonds is 9. The molecule has 1 aliphatic heterocycles. The lowest BCUT2D eigenvalue weighted by molar-refractivity contribution is 0.0963. The highest BCUT2D eigenvalue weighted by molar-refractivity contribution is 7.13. The number of carbonyl (C=O) groups excluding carboxylic acids is 2. The van der Waals surface area contributed by atoms with Crippen LogP contribution < -0.4 is 20.9 Å². The standard InChI is InChI=1S/C17H18FN5O4S.CH5N/c18-14-5-12(23-6-13(8-25)27-17(23)26)1-2-15(14)22(10-19)4-3-20-16-21-11(7-24)9-28-16;1-2/h1-2,5,7,9-10,13,19,25H,3-4,6,8H2,(H,20,21);2H2,1H3. The van der Waals surface area contributed by atoms with Crippen molar-refractivity contribution in [1.29, 1.82) is 5.41 Å². The Labute approximate surface area is 176 Å². The van der Waals surface area contributed by atoms with Gasteiger partial charge in [-0.25, -0.2) is 14.2 Å². The van der Waals surface area contributed by atoms with Crippen LogP contribution in [-0.2, 0) is 4.74 Å². The quantitative estimate of drug-likeness (QED) is 0.262. The topological polar surface area (TPSA) is 145 Å². The maximum absolute atomic E-state index is 14.6. The number of halogens is 1. The van der Waals surface area contributed by atoms with Gasteiger partial charge in [-0.15, -0.1) is 11.3 Å². The Morgan fingerprint density at radius 3 is 2.87 bits per heavy atom. The number of nitrogens with one attached hydrogen (secondary N) is 2. The molecule has 1 saturated heterocycles. The fourth-order valence-corrected chi connectivity index (χ4v) is 3.37. The molecule has 1 aromatic carbocycles. The van der Waals surface area contributed by atoms with Crippen LogP contribution in [0.4, 0.5) is 25.7 Å². The molecule has 2 heterocycles. The van der Waals surface area contributed by atoms with E-state index < -0.39 is 18.0 Å². The van der Waals surface area contributed by atoms with E-state index in [4.69, 9.17) is 15.3 Å². The first-order valence-electron chi connectivity index (χ1n) is 8.93. The summed E-state index contributed by atoms with van der Waals surface area (Å²) in [6.45, 7) is 0.501.